The van der Waals surface area contributed by atoms with Crippen LogP contribution in [0, 0.1) is 11.8 Å². The average molecular weight is 268 g/mol. The van der Waals surface area contributed by atoms with Gasteiger partial charge in [0.2, 0.25) is 0 Å². The molecule has 1 aliphatic heterocycles. The highest BCUT2D eigenvalue weighted by Gasteiger charge is 2.35. The van der Waals surface area contributed by atoms with Crippen molar-refractivity contribution in [3.05, 3.63) is 0 Å². The van der Waals surface area contributed by atoms with E-state index < -0.39 is 5.97 Å². The molecule has 2 amide bonds. The number of urea groups is 1. The Bertz CT molecular complexity index is 355. The van der Waals surface area contributed by atoms with Gasteiger partial charge in [0.1, 0.15) is 0 Å². The molecule has 108 valence electrons. The number of hydrogen-bond donors (Lipinski definition) is 2. The van der Waals surface area contributed by atoms with Crippen molar-refractivity contribution in [2.75, 3.05) is 6.54 Å². The van der Waals surface area contributed by atoms with Gasteiger partial charge in [-0.1, -0.05) is 6.92 Å². The molecule has 2 fully saturated rings. The molecule has 19 heavy (non-hydrogen) atoms. The van der Waals surface area contributed by atoms with Crippen molar-refractivity contribution in [1.82, 2.24) is 10.2 Å². The van der Waals surface area contributed by atoms with Crippen molar-refractivity contribution < 1.29 is 14.7 Å². The summed E-state index contributed by atoms with van der Waals surface area (Å²) in [4.78, 5) is 25.0. The van der Waals surface area contributed by atoms with E-state index in [0.29, 0.717) is 11.8 Å². The lowest BCUT2D eigenvalue weighted by molar-refractivity contribution is -0.137. The number of likely N-dealkylation sites (tertiary alicyclic amines) is 1. The number of nitrogens with one attached hydrogen (secondary N) is 1. The van der Waals surface area contributed by atoms with Crippen LogP contribution < -0.4 is 5.32 Å². The number of carbonyl (C=O) groups excluding carboxylic acids is 1. The molecule has 0 aromatic heterocycles. The second kappa shape index (κ2) is 5.80. The van der Waals surface area contributed by atoms with E-state index in [-0.39, 0.29) is 24.5 Å². The largest absolute Gasteiger partial charge is 0.481 e. The quantitative estimate of drug-likeness (QED) is 0.820. The van der Waals surface area contributed by atoms with Crippen molar-refractivity contribution in [2.24, 2.45) is 11.8 Å². The molecule has 1 aliphatic carbocycles. The molecule has 0 aromatic rings. The first-order valence-corrected chi connectivity index (χ1v) is 7.26. The molecule has 1 heterocycles. The fourth-order valence-electron chi connectivity index (χ4n) is 2.97. The van der Waals surface area contributed by atoms with E-state index in [1.165, 1.54) is 0 Å². The molecule has 3 atom stereocenters. The van der Waals surface area contributed by atoms with Gasteiger partial charge in [-0.25, -0.2) is 4.79 Å². The lowest BCUT2D eigenvalue weighted by atomic mass is 9.94. The van der Waals surface area contributed by atoms with Gasteiger partial charge >= 0.3 is 12.0 Å². The molecule has 2 aliphatic rings. The summed E-state index contributed by atoms with van der Waals surface area (Å²) < 4.78 is 0. The second-order valence-electron chi connectivity index (χ2n) is 6.16. The zero-order valence-corrected chi connectivity index (χ0v) is 11.8. The van der Waals surface area contributed by atoms with Crippen molar-refractivity contribution in [3.8, 4) is 0 Å². The van der Waals surface area contributed by atoms with Crippen molar-refractivity contribution in [1.29, 1.82) is 0 Å². The normalized spacial score (nSPS) is 28.8. The van der Waals surface area contributed by atoms with E-state index in [1.54, 1.807) is 0 Å². The van der Waals surface area contributed by atoms with Crippen molar-refractivity contribution in [3.63, 3.8) is 0 Å². The molecule has 0 aromatic carbocycles. The van der Waals surface area contributed by atoms with Crippen LogP contribution in [0.1, 0.15) is 46.0 Å². The molecule has 5 nitrogen and oxygen atoms in total. The third-order valence-corrected chi connectivity index (χ3v) is 4.29. The number of amides is 2. The van der Waals surface area contributed by atoms with Crippen LogP contribution >= 0.6 is 0 Å². The Morgan fingerprint density at radius 3 is 2.53 bits per heavy atom. The molecule has 2 rings (SSSR count). The lowest BCUT2D eigenvalue weighted by Gasteiger charge is -2.37. The Kier molecular flexibility index (Phi) is 4.32. The number of carboxylic acids is 1. The number of piperidine rings is 1. The van der Waals surface area contributed by atoms with Crippen LogP contribution in [0.2, 0.25) is 0 Å². The second-order valence-corrected chi connectivity index (χ2v) is 6.16. The minimum Gasteiger partial charge on any atom is -0.481 e. The van der Waals surface area contributed by atoms with Gasteiger partial charge in [0.15, 0.2) is 0 Å². The van der Waals surface area contributed by atoms with Crippen LogP contribution in [-0.2, 0) is 4.79 Å². The maximum atomic E-state index is 12.3. The minimum absolute atomic E-state index is 0.0367. The number of carboxylic acid groups (broad SMARTS) is 1. The molecule has 3 unspecified atom stereocenters. The van der Waals surface area contributed by atoms with Gasteiger partial charge in [-0.05, 0) is 44.4 Å². The predicted molar refractivity (Wildman–Crippen MR) is 71.9 cm³/mol. The van der Waals surface area contributed by atoms with Crippen LogP contribution in [0.15, 0.2) is 0 Å². The van der Waals surface area contributed by atoms with E-state index in [1.807, 2.05) is 4.90 Å². The average Bonchev–Trinajstić information content (AvgIpc) is 3.10. The first-order chi connectivity index (χ1) is 8.97. The Labute approximate surface area is 114 Å². The molecule has 5 heteroatoms. The standard InChI is InChI=1S/C14H24N2O3/c1-9-5-6-16(10(2)7-9)14(19)15-12(8-13(17)18)11-3-4-11/h9-12H,3-8H2,1-2H3,(H,15,19)(H,17,18). The zero-order chi connectivity index (χ0) is 14.0. The summed E-state index contributed by atoms with van der Waals surface area (Å²) in [6.07, 6.45) is 4.16. The summed E-state index contributed by atoms with van der Waals surface area (Å²) in [5.41, 5.74) is 0. The third kappa shape index (κ3) is 3.85. The number of aliphatic carboxylic acids is 1. The third-order valence-electron chi connectivity index (χ3n) is 4.29. The summed E-state index contributed by atoms with van der Waals surface area (Å²) in [7, 11) is 0. The number of rotatable bonds is 4. The molecule has 0 spiro atoms. The molecular weight excluding hydrogens is 244 g/mol. The maximum absolute atomic E-state index is 12.3. The van der Waals surface area contributed by atoms with E-state index >= 15 is 0 Å². The van der Waals surface area contributed by atoms with E-state index in [4.69, 9.17) is 5.11 Å². The van der Waals surface area contributed by atoms with Gasteiger partial charge in [-0.2, -0.15) is 0 Å². The van der Waals surface area contributed by atoms with Crippen LogP contribution in [0.4, 0.5) is 4.79 Å². The van der Waals surface area contributed by atoms with Gasteiger partial charge in [-0.3, -0.25) is 4.79 Å². The van der Waals surface area contributed by atoms with Crippen LogP contribution in [0.25, 0.3) is 0 Å². The Hall–Kier alpha value is -1.26. The minimum atomic E-state index is -0.836. The van der Waals surface area contributed by atoms with Crippen LogP contribution in [0.5, 0.6) is 0 Å². The summed E-state index contributed by atoms with van der Waals surface area (Å²) in [5, 5.41) is 11.8. The highest BCUT2D eigenvalue weighted by atomic mass is 16.4. The zero-order valence-electron chi connectivity index (χ0n) is 11.8. The predicted octanol–water partition coefficient (Wildman–Crippen LogP) is 2.07. The highest BCUT2D eigenvalue weighted by molar-refractivity contribution is 5.76. The van der Waals surface area contributed by atoms with Crippen molar-refractivity contribution >= 4 is 12.0 Å². The van der Waals surface area contributed by atoms with E-state index in [9.17, 15) is 9.59 Å². The SMILES string of the molecule is CC1CCN(C(=O)NC(CC(=O)O)C2CC2)C(C)C1. The molecule has 1 saturated carbocycles. The Morgan fingerprint density at radius 2 is 2.00 bits per heavy atom. The number of nitrogens with zero attached hydrogens (tertiary/aromatic N) is 1. The Balaban J connectivity index is 1.89. The smallest absolute Gasteiger partial charge is 0.317 e. The fraction of sp³-hybridized carbons (Fsp3) is 0.857. The maximum Gasteiger partial charge on any atom is 0.317 e. The summed E-state index contributed by atoms with van der Waals surface area (Å²) >= 11 is 0. The molecule has 0 radical (unpaired) electrons. The molecule has 0 bridgehead atoms. The topological polar surface area (TPSA) is 69.6 Å². The van der Waals surface area contributed by atoms with Gasteiger partial charge in [0.25, 0.3) is 0 Å². The van der Waals surface area contributed by atoms with Crippen molar-refractivity contribution in [2.45, 2.75) is 58.0 Å². The lowest BCUT2D eigenvalue weighted by Crippen LogP contribution is -2.52. The molecule has 1 saturated heterocycles. The first kappa shape index (κ1) is 14.2. The fourth-order valence-corrected chi connectivity index (χ4v) is 2.97. The van der Waals surface area contributed by atoms with Gasteiger partial charge in [0.05, 0.1) is 6.42 Å². The highest BCUT2D eigenvalue weighted by Crippen LogP contribution is 2.34. The van der Waals surface area contributed by atoms with Crippen LogP contribution in [0.3, 0.4) is 0 Å². The summed E-state index contributed by atoms with van der Waals surface area (Å²) in [6, 6.07) is -0.0393. The first-order valence-electron chi connectivity index (χ1n) is 7.26. The van der Waals surface area contributed by atoms with Gasteiger partial charge in [-0.15, -0.1) is 0 Å². The molecule has 2 N–H and O–H groups in total. The Morgan fingerprint density at radius 1 is 1.32 bits per heavy atom. The monoisotopic (exact) mass is 268 g/mol. The molecular formula is C14H24N2O3. The number of carbonyl (C=O) groups is 2. The van der Waals surface area contributed by atoms with E-state index in [2.05, 4.69) is 19.2 Å². The summed E-state index contributed by atoms with van der Waals surface area (Å²) in [5.74, 6) is 0.189. The summed E-state index contributed by atoms with van der Waals surface area (Å²) in [6.45, 7) is 5.06. The number of hydrogen-bond acceptors (Lipinski definition) is 2. The van der Waals surface area contributed by atoms with Gasteiger partial charge in [0, 0.05) is 18.6 Å². The van der Waals surface area contributed by atoms with E-state index in [0.717, 1.165) is 32.2 Å². The van der Waals surface area contributed by atoms with Crippen LogP contribution in [-0.4, -0.2) is 40.6 Å². The van der Waals surface area contributed by atoms with Gasteiger partial charge < -0.3 is 15.3 Å².